The van der Waals surface area contributed by atoms with E-state index in [1.807, 2.05) is 37.5 Å². The van der Waals surface area contributed by atoms with Gasteiger partial charge in [-0.3, -0.25) is 9.36 Å². The molecular formula is C26H30Cl2N6O3. The van der Waals surface area contributed by atoms with Crippen LogP contribution in [0.25, 0.3) is 22.2 Å². The number of aliphatic hydroxyl groups excluding tert-OH is 2. The van der Waals surface area contributed by atoms with E-state index in [1.54, 1.807) is 16.9 Å². The third kappa shape index (κ3) is 5.55. The van der Waals surface area contributed by atoms with Crippen molar-refractivity contribution in [2.75, 3.05) is 18.5 Å². The first kappa shape index (κ1) is 25.8. The number of halogens is 2. The monoisotopic (exact) mass is 544 g/mol. The van der Waals surface area contributed by atoms with Crippen LogP contribution in [0.1, 0.15) is 38.6 Å². The molecule has 0 aliphatic heterocycles. The molecule has 0 bridgehead atoms. The average Bonchev–Trinajstić information content (AvgIpc) is 3.52. The second-order valence-electron chi connectivity index (χ2n) is 9.30. The molecule has 1 aliphatic carbocycles. The molecule has 1 aliphatic rings. The molecule has 0 unspecified atom stereocenters. The summed E-state index contributed by atoms with van der Waals surface area (Å²) in [7, 11) is 0. The van der Waals surface area contributed by atoms with Crippen molar-refractivity contribution >= 4 is 39.9 Å². The molecule has 3 heterocycles. The maximum absolute atomic E-state index is 9.79. The second kappa shape index (κ2) is 11.3. The number of pyridine rings is 1. The molecule has 5 rings (SSSR count). The summed E-state index contributed by atoms with van der Waals surface area (Å²) < 4.78 is 9.92. The summed E-state index contributed by atoms with van der Waals surface area (Å²) in [6.45, 7) is 2.70. The number of benzene rings is 1. The van der Waals surface area contributed by atoms with Gasteiger partial charge in [0.2, 0.25) is 0 Å². The van der Waals surface area contributed by atoms with Gasteiger partial charge >= 0.3 is 0 Å². The summed E-state index contributed by atoms with van der Waals surface area (Å²) in [6, 6.07) is 7.69. The van der Waals surface area contributed by atoms with E-state index in [0.717, 1.165) is 60.2 Å². The van der Waals surface area contributed by atoms with E-state index >= 15 is 0 Å². The molecule has 1 fully saturated rings. The zero-order valence-electron chi connectivity index (χ0n) is 20.5. The third-order valence-corrected chi connectivity index (χ3v) is 7.47. The average molecular weight is 545 g/mol. The van der Waals surface area contributed by atoms with Gasteiger partial charge in [-0.2, -0.15) is 10.2 Å². The topological polar surface area (TPSA) is 110 Å². The van der Waals surface area contributed by atoms with Gasteiger partial charge in [0.05, 0.1) is 48.1 Å². The highest BCUT2D eigenvalue weighted by Crippen LogP contribution is 2.38. The number of aromatic nitrogens is 5. The zero-order chi connectivity index (χ0) is 25.9. The van der Waals surface area contributed by atoms with Crippen molar-refractivity contribution in [1.82, 2.24) is 24.5 Å². The minimum atomic E-state index is -0.870. The van der Waals surface area contributed by atoms with Crippen LogP contribution in [0.3, 0.4) is 0 Å². The maximum Gasteiger partial charge on any atom is 0.139 e. The van der Waals surface area contributed by atoms with Crippen molar-refractivity contribution in [3.63, 3.8) is 0 Å². The highest BCUT2D eigenvalue weighted by atomic mass is 35.5. The van der Waals surface area contributed by atoms with Crippen molar-refractivity contribution in [1.29, 1.82) is 0 Å². The van der Waals surface area contributed by atoms with Gasteiger partial charge in [-0.05, 0) is 44.7 Å². The quantitative estimate of drug-likeness (QED) is 0.273. The van der Waals surface area contributed by atoms with Crippen LogP contribution in [0, 0.1) is 0 Å². The summed E-state index contributed by atoms with van der Waals surface area (Å²) in [5.74, 6) is 1.42. The van der Waals surface area contributed by atoms with Crippen LogP contribution in [-0.4, -0.2) is 60.1 Å². The van der Waals surface area contributed by atoms with Crippen molar-refractivity contribution in [2.45, 2.75) is 57.4 Å². The standard InChI is InChI=1S/C26H30Cl2N6O3/c1-2-29-24-10-22-20(12-30-24)26(16-11-31-33(13-16)14-18(36)15-35)32-34(22)17-6-8-19(9-7-17)37-23-5-3-4-21(27)25(23)28/h3-5,10-13,17-19,35-36H,2,6-9,14-15H2,1H3,(H,29,30)/t17-,18-,19+/m1/s1. The van der Waals surface area contributed by atoms with Gasteiger partial charge in [-0.25, -0.2) is 4.98 Å². The van der Waals surface area contributed by atoms with Crippen molar-refractivity contribution in [3.05, 3.63) is 52.9 Å². The lowest BCUT2D eigenvalue weighted by atomic mass is 9.93. The van der Waals surface area contributed by atoms with Gasteiger partial charge in [-0.1, -0.05) is 29.3 Å². The lowest BCUT2D eigenvalue weighted by Crippen LogP contribution is -2.26. The molecule has 3 aromatic heterocycles. The normalized spacial score (nSPS) is 18.7. The molecule has 4 aromatic rings. The summed E-state index contributed by atoms with van der Waals surface area (Å²) >= 11 is 12.5. The van der Waals surface area contributed by atoms with E-state index in [4.69, 9.17) is 38.1 Å². The summed E-state index contributed by atoms with van der Waals surface area (Å²) in [5.41, 5.74) is 2.63. The van der Waals surface area contributed by atoms with Gasteiger partial charge in [0.25, 0.3) is 0 Å². The molecular weight excluding hydrogens is 515 g/mol. The van der Waals surface area contributed by atoms with E-state index < -0.39 is 6.10 Å². The van der Waals surface area contributed by atoms with Crippen LogP contribution >= 0.6 is 23.2 Å². The maximum atomic E-state index is 9.79. The van der Waals surface area contributed by atoms with Crippen molar-refractivity contribution in [2.24, 2.45) is 0 Å². The molecule has 37 heavy (non-hydrogen) atoms. The Morgan fingerprint density at radius 2 is 2.00 bits per heavy atom. The van der Waals surface area contributed by atoms with E-state index in [9.17, 15) is 5.11 Å². The highest BCUT2D eigenvalue weighted by Gasteiger charge is 2.27. The fourth-order valence-electron chi connectivity index (χ4n) is 4.82. The molecule has 1 saturated carbocycles. The molecule has 1 aromatic carbocycles. The lowest BCUT2D eigenvalue weighted by Gasteiger charge is -2.30. The lowest BCUT2D eigenvalue weighted by molar-refractivity contribution is 0.0783. The van der Waals surface area contributed by atoms with Crippen molar-refractivity contribution < 1.29 is 14.9 Å². The molecule has 0 radical (unpaired) electrons. The van der Waals surface area contributed by atoms with Crippen LogP contribution in [0.4, 0.5) is 5.82 Å². The Bertz CT molecular complexity index is 1370. The Hall–Kier alpha value is -2.85. The molecule has 196 valence electrons. The number of aliphatic hydroxyl groups is 2. The Morgan fingerprint density at radius 1 is 1.19 bits per heavy atom. The van der Waals surface area contributed by atoms with Gasteiger partial charge in [-0.15, -0.1) is 0 Å². The molecule has 0 amide bonds. The number of fused-ring (bicyclic) bond motifs is 1. The predicted octanol–water partition coefficient (Wildman–Crippen LogP) is 4.95. The molecule has 9 nitrogen and oxygen atoms in total. The van der Waals surface area contributed by atoms with Crippen LogP contribution in [0.5, 0.6) is 5.75 Å². The van der Waals surface area contributed by atoms with Gasteiger partial charge < -0.3 is 20.3 Å². The predicted molar refractivity (Wildman–Crippen MR) is 144 cm³/mol. The number of nitrogens with zero attached hydrogens (tertiary/aromatic N) is 5. The largest absolute Gasteiger partial charge is 0.489 e. The summed E-state index contributed by atoms with van der Waals surface area (Å²) in [4.78, 5) is 4.58. The molecule has 3 N–H and O–H groups in total. The zero-order valence-corrected chi connectivity index (χ0v) is 22.0. The minimum Gasteiger partial charge on any atom is -0.489 e. The minimum absolute atomic E-state index is 0.0590. The van der Waals surface area contributed by atoms with Crippen molar-refractivity contribution in [3.8, 4) is 17.0 Å². The summed E-state index contributed by atoms with van der Waals surface area (Å²) in [6.07, 6.45) is 8.14. The van der Waals surface area contributed by atoms with Crippen LogP contribution < -0.4 is 10.1 Å². The van der Waals surface area contributed by atoms with Crippen LogP contribution in [0.15, 0.2) is 42.9 Å². The van der Waals surface area contributed by atoms with Gasteiger partial charge in [0.1, 0.15) is 22.3 Å². The van der Waals surface area contributed by atoms with Crippen LogP contribution in [-0.2, 0) is 6.54 Å². The first-order valence-electron chi connectivity index (χ1n) is 12.5. The third-order valence-electron chi connectivity index (χ3n) is 6.66. The SMILES string of the molecule is CCNc1cc2c(cn1)c(-c1cnn(C[C@@H](O)CO)c1)nn2[C@H]1CC[C@@H](Oc2cccc(Cl)c2Cl)CC1. The van der Waals surface area contributed by atoms with Gasteiger partial charge in [0, 0.05) is 36.0 Å². The number of nitrogens with one attached hydrogen (secondary N) is 1. The summed E-state index contributed by atoms with van der Waals surface area (Å²) in [5, 5.41) is 33.5. The highest BCUT2D eigenvalue weighted by molar-refractivity contribution is 6.42. The Morgan fingerprint density at radius 3 is 2.76 bits per heavy atom. The number of rotatable bonds is 9. The first-order chi connectivity index (χ1) is 18.0. The fraction of sp³-hybridized carbons (Fsp3) is 0.423. The van der Waals surface area contributed by atoms with E-state index in [1.165, 1.54) is 0 Å². The fourth-order valence-corrected chi connectivity index (χ4v) is 5.16. The van der Waals surface area contributed by atoms with E-state index in [-0.39, 0.29) is 25.3 Å². The Labute approximate surface area is 225 Å². The Kier molecular flexibility index (Phi) is 7.85. The second-order valence-corrected chi connectivity index (χ2v) is 10.1. The molecule has 11 heteroatoms. The first-order valence-corrected chi connectivity index (χ1v) is 13.3. The van der Waals surface area contributed by atoms with Gasteiger partial charge in [0.15, 0.2) is 0 Å². The smallest absolute Gasteiger partial charge is 0.139 e. The Balaban J connectivity index is 1.40. The number of hydrogen-bond donors (Lipinski definition) is 3. The molecule has 0 saturated heterocycles. The molecule has 1 atom stereocenters. The number of anilines is 1. The number of hydrogen-bond acceptors (Lipinski definition) is 7. The van der Waals surface area contributed by atoms with E-state index in [2.05, 4.69) is 20.1 Å². The number of ether oxygens (including phenoxy) is 1. The van der Waals surface area contributed by atoms with Crippen LogP contribution in [0.2, 0.25) is 10.0 Å². The molecule has 0 spiro atoms. The van der Waals surface area contributed by atoms with E-state index in [0.29, 0.717) is 15.8 Å².